The van der Waals surface area contributed by atoms with Gasteiger partial charge in [-0.2, -0.15) is 0 Å². The van der Waals surface area contributed by atoms with Gasteiger partial charge in [-0.3, -0.25) is 0 Å². The van der Waals surface area contributed by atoms with Crippen molar-refractivity contribution in [1.82, 2.24) is 0 Å². The van der Waals surface area contributed by atoms with Crippen molar-refractivity contribution >= 4 is 81.2 Å². The minimum Gasteiger partial charge on any atom is -0.493 e. The predicted molar refractivity (Wildman–Crippen MR) is 267 cm³/mol. The second kappa shape index (κ2) is 21.5. The highest BCUT2D eigenvalue weighted by Gasteiger charge is 2.24. The summed E-state index contributed by atoms with van der Waals surface area (Å²) >= 11 is 0. The number of hydrogen-bond acceptors (Lipinski definition) is 6. The van der Waals surface area contributed by atoms with Crippen LogP contribution in [0.1, 0.15) is 12.8 Å². The maximum Gasteiger partial charge on any atom is 0.330 e. The summed E-state index contributed by atoms with van der Waals surface area (Å²) in [5.74, 6) is 0.427. The molecule has 318 valence electrons. The molecule has 0 radical (unpaired) electrons. The van der Waals surface area contributed by atoms with E-state index in [1.54, 1.807) is 0 Å². The molecule has 0 amide bonds. The number of ether oxygens (including phenoxy) is 4. The highest BCUT2D eigenvalue weighted by Crippen LogP contribution is 2.47. The molecule has 0 spiro atoms. The van der Waals surface area contributed by atoms with Crippen LogP contribution in [0.2, 0.25) is 0 Å². The van der Waals surface area contributed by atoms with Crippen LogP contribution in [-0.2, 0) is 19.1 Å². The molecule has 0 saturated carbocycles. The molecule has 8 aromatic rings. The third-order valence-electron chi connectivity index (χ3n) is 10.7. The van der Waals surface area contributed by atoms with Gasteiger partial charge in [0.1, 0.15) is 11.5 Å². The Morgan fingerprint density at radius 3 is 1.06 bits per heavy atom. The molecule has 8 heteroatoms. The number of esters is 2. The maximum absolute atomic E-state index is 11.9. The maximum atomic E-state index is 11.9. The van der Waals surface area contributed by atoms with E-state index in [-0.39, 0.29) is 13.2 Å². The molecule has 0 N–H and O–H groups in total. The van der Waals surface area contributed by atoms with E-state index in [9.17, 15) is 9.59 Å². The first-order valence-corrected chi connectivity index (χ1v) is 24.0. The van der Waals surface area contributed by atoms with Crippen LogP contribution in [0.5, 0.6) is 11.5 Å². The van der Waals surface area contributed by atoms with Gasteiger partial charge in [0, 0.05) is 36.1 Å². The molecule has 0 aliphatic heterocycles. The highest BCUT2D eigenvalue weighted by atomic mass is 31.1. The summed E-state index contributed by atoms with van der Waals surface area (Å²) < 4.78 is 24.2. The fraction of sp³-hybridized carbons (Fsp3) is 0.107. The molecule has 64 heavy (non-hydrogen) atoms. The molecule has 0 unspecified atom stereocenters. The zero-order chi connectivity index (χ0) is 44.1. The number of carbonyl (C=O) groups is 2. The minimum atomic E-state index is -0.937. The molecule has 8 aromatic carbocycles. The molecule has 0 atom stereocenters. The van der Waals surface area contributed by atoms with Crippen LogP contribution in [-0.4, -0.2) is 38.4 Å². The summed E-state index contributed by atoms with van der Waals surface area (Å²) in [6.45, 7) is 8.05. The lowest BCUT2D eigenvalue weighted by Crippen LogP contribution is -2.20. The summed E-state index contributed by atoms with van der Waals surface area (Å²) in [6, 6.07) is 64.7. The monoisotopic (exact) mass is 878 g/mol. The fourth-order valence-corrected chi connectivity index (χ4v) is 12.4. The number of fused-ring (bicyclic) bond motifs is 2. The second-order valence-corrected chi connectivity index (χ2v) is 19.3. The van der Waals surface area contributed by atoms with Gasteiger partial charge >= 0.3 is 11.9 Å². The van der Waals surface area contributed by atoms with Gasteiger partial charge in [-0.1, -0.05) is 171 Å². The van der Waals surface area contributed by atoms with E-state index in [1.165, 1.54) is 44.0 Å². The Morgan fingerprint density at radius 2 is 0.734 bits per heavy atom. The Morgan fingerprint density at radius 1 is 0.406 bits per heavy atom. The minimum absolute atomic E-state index is 0.196. The van der Waals surface area contributed by atoms with E-state index in [1.807, 2.05) is 12.1 Å². The van der Waals surface area contributed by atoms with Crippen molar-refractivity contribution in [2.45, 2.75) is 12.8 Å². The standard InChI is InChI=1S/C56H48O6P2/c1-3-53(57)61-37-17-35-59-51-33-29-41-27-31-47(63(43-19-9-5-10-20-43)44-21-11-6-12-22-44)39-49(41)55(51)56-50-40-48(64(45-23-13-7-14-24-45)46-25-15-8-16-26-46)32-28-42(50)30-34-52(56)60-36-18-38-62-54(58)4-2/h3-16,19-34,39-40H,1-2,17-18,35-38H2. The van der Waals surface area contributed by atoms with Crippen LogP contribution in [0.25, 0.3) is 32.7 Å². The summed E-state index contributed by atoms with van der Waals surface area (Å²) in [4.78, 5) is 23.8. The van der Waals surface area contributed by atoms with E-state index < -0.39 is 27.8 Å². The lowest BCUT2D eigenvalue weighted by Gasteiger charge is -2.24. The Balaban J connectivity index is 1.36. The van der Waals surface area contributed by atoms with E-state index in [4.69, 9.17) is 18.9 Å². The second-order valence-electron chi connectivity index (χ2n) is 14.8. The molecule has 0 aromatic heterocycles. The largest absolute Gasteiger partial charge is 0.493 e. The molecule has 0 fully saturated rings. The predicted octanol–water partition coefficient (Wildman–Crippen LogP) is 10.2. The van der Waals surface area contributed by atoms with Crippen LogP contribution in [0, 0.1) is 0 Å². The van der Waals surface area contributed by atoms with Crippen molar-refractivity contribution in [3.05, 3.63) is 207 Å². The summed E-state index contributed by atoms with van der Waals surface area (Å²) in [7, 11) is -1.87. The molecule has 0 aliphatic carbocycles. The van der Waals surface area contributed by atoms with Crippen molar-refractivity contribution in [2.24, 2.45) is 0 Å². The van der Waals surface area contributed by atoms with Gasteiger partial charge in [0.15, 0.2) is 0 Å². The average molecular weight is 879 g/mol. The molecule has 0 saturated heterocycles. The van der Waals surface area contributed by atoms with Gasteiger partial charge < -0.3 is 18.9 Å². The van der Waals surface area contributed by atoms with Crippen molar-refractivity contribution < 1.29 is 28.5 Å². The lowest BCUT2D eigenvalue weighted by atomic mass is 9.92. The summed E-state index contributed by atoms with van der Waals surface area (Å²) in [5, 5.41) is 11.5. The molecular formula is C56H48O6P2. The third kappa shape index (κ3) is 10.3. The fourth-order valence-electron chi connectivity index (χ4n) is 7.76. The molecule has 0 aliphatic rings. The van der Waals surface area contributed by atoms with Gasteiger partial charge in [0.2, 0.25) is 0 Å². The highest BCUT2D eigenvalue weighted by molar-refractivity contribution is 7.80. The van der Waals surface area contributed by atoms with Crippen molar-refractivity contribution in [1.29, 1.82) is 0 Å². The number of carbonyl (C=O) groups excluding carboxylic acids is 2. The number of hydrogen-bond donors (Lipinski definition) is 0. The van der Waals surface area contributed by atoms with Gasteiger partial charge in [-0.05, 0) is 93.5 Å². The smallest absolute Gasteiger partial charge is 0.330 e. The first-order valence-electron chi connectivity index (χ1n) is 21.3. The van der Waals surface area contributed by atoms with Crippen LogP contribution in [0.4, 0.5) is 0 Å². The topological polar surface area (TPSA) is 71.1 Å². The Labute approximate surface area is 377 Å². The zero-order valence-electron chi connectivity index (χ0n) is 35.5. The van der Waals surface area contributed by atoms with Gasteiger partial charge in [-0.15, -0.1) is 0 Å². The Kier molecular flexibility index (Phi) is 14.7. The van der Waals surface area contributed by atoms with Crippen LogP contribution >= 0.6 is 15.8 Å². The van der Waals surface area contributed by atoms with Gasteiger partial charge in [0.25, 0.3) is 0 Å². The molecule has 0 bridgehead atoms. The van der Waals surface area contributed by atoms with E-state index >= 15 is 0 Å². The van der Waals surface area contributed by atoms with Crippen LogP contribution in [0.15, 0.2) is 207 Å². The van der Waals surface area contributed by atoms with E-state index in [2.05, 4.69) is 183 Å². The first-order chi connectivity index (χ1) is 31.5. The quantitative estimate of drug-likeness (QED) is 0.0349. The molecule has 0 heterocycles. The average Bonchev–Trinajstić information content (AvgIpc) is 3.35. The van der Waals surface area contributed by atoms with Crippen molar-refractivity contribution in [3.63, 3.8) is 0 Å². The Bertz CT molecular complexity index is 2590. The molecular weight excluding hydrogens is 831 g/mol. The zero-order valence-corrected chi connectivity index (χ0v) is 37.3. The van der Waals surface area contributed by atoms with Crippen molar-refractivity contribution in [3.8, 4) is 22.6 Å². The van der Waals surface area contributed by atoms with Crippen LogP contribution < -0.4 is 41.3 Å². The third-order valence-corrected chi connectivity index (χ3v) is 15.5. The first kappa shape index (κ1) is 43.8. The number of rotatable bonds is 19. The SMILES string of the molecule is C=CC(=O)OCCCOc1ccc2ccc(P(c3ccccc3)c3ccccc3)cc2c1-c1c(OCCCOC(=O)C=C)ccc2ccc(P(c3ccccc3)c3ccccc3)cc12. The lowest BCUT2D eigenvalue weighted by molar-refractivity contribution is -0.138. The summed E-state index contributed by atoms with van der Waals surface area (Å²) in [5.41, 5.74) is 1.80. The van der Waals surface area contributed by atoms with Gasteiger partial charge in [-0.25, -0.2) is 9.59 Å². The normalized spacial score (nSPS) is 11.1. The summed E-state index contributed by atoms with van der Waals surface area (Å²) in [6.07, 6.45) is 3.30. The van der Waals surface area contributed by atoms with E-state index in [0.717, 1.165) is 32.7 Å². The van der Waals surface area contributed by atoms with Gasteiger partial charge in [0.05, 0.1) is 26.4 Å². The van der Waals surface area contributed by atoms with Crippen LogP contribution in [0.3, 0.4) is 0 Å². The van der Waals surface area contributed by atoms with Crippen molar-refractivity contribution in [2.75, 3.05) is 26.4 Å². The number of benzene rings is 8. The Hall–Kier alpha value is -6.84. The molecule has 6 nitrogen and oxygen atoms in total. The molecule has 8 rings (SSSR count). The van der Waals surface area contributed by atoms with E-state index in [0.29, 0.717) is 37.6 Å².